The summed E-state index contributed by atoms with van der Waals surface area (Å²) in [6.45, 7) is 6.56. The average Bonchev–Trinajstić information content (AvgIpc) is 2.77. The van der Waals surface area contributed by atoms with Gasteiger partial charge in [0.05, 0.1) is 6.04 Å². The lowest BCUT2D eigenvalue weighted by molar-refractivity contribution is 0.140. The molecule has 5 heteroatoms. The number of aryl methyl sites for hydroxylation is 1. The van der Waals surface area contributed by atoms with Crippen molar-refractivity contribution in [2.45, 2.75) is 39.3 Å². The third-order valence-electron chi connectivity index (χ3n) is 2.59. The Morgan fingerprint density at radius 3 is 3.00 bits per heavy atom. The molecule has 1 heterocycles. The molecule has 0 fully saturated rings. The van der Waals surface area contributed by atoms with Crippen molar-refractivity contribution in [1.82, 2.24) is 15.0 Å². The number of imidazole rings is 1. The molecule has 0 bridgehead atoms. The number of hydrogen-bond donors (Lipinski definition) is 2. The molecule has 1 atom stereocenters. The van der Waals surface area contributed by atoms with E-state index in [9.17, 15) is 0 Å². The van der Waals surface area contributed by atoms with Crippen molar-refractivity contribution < 1.29 is 4.74 Å². The van der Waals surface area contributed by atoms with Crippen LogP contribution in [0.5, 0.6) is 0 Å². The third-order valence-corrected chi connectivity index (χ3v) is 2.59. The lowest BCUT2D eigenvalue weighted by Gasteiger charge is -2.16. The Balaban J connectivity index is 2.47. The first kappa shape index (κ1) is 13.2. The fourth-order valence-corrected chi connectivity index (χ4v) is 1.72. The van der Waals surface area contributed by atoms with Gasteiger partial charge in [-0.3, -0.25) is 5.84 Å². The van der Waals surface area contributed by atoms with Gasteiger partial charge in [-0.15, -0.1) is 0 Å². The highest BCUT2D eigenvalue weighted by molar-refractivity contribution is 4.98. The molecule has 5 nitrogen and oxygen atoms in total. The zero-order valence-electron chi connectivity index (χ0n) is 10.1. The van der Waals surface area contributed by atoms with Gasteiger partial charge in [0.2, 0.25) is 0 Å². The maximum Gasteiger partial charge on any atom is 0.127 e. The zero-order valence-corrected chi connectivity index (χ0v) is 10.1. The van der Waals surface area contributed by atoms with Crippen molar-refractivity contribution in [1.29, 1.82) is 0 Å². The van der Waals surface area contributed by atoms with Crippen LogP contribution in [0.2, 0.25) is 0 Å². The van der Waals surface area contributed by atoms with Crippen molar-refractivity contribution in [2.75, 3.05) is 13.2 Å². The predicted octanol–water partition coefficient (Wildman–Crippen LogP) is 1.22. The van der Waals surface area contributed by atoms with Crippen LogP contribution in [0.3, 0.4) is 0 Å². The Labute approximate surface area is 97.0 Å². The second-order valence-electron chi connectivity index (χ2n) is 3.63. The fraction of sp³-hybridized carbons (Fsp3) is 0.727. The lowest BCUT2D eigenvalue weighted by Crippen LogP contribution is -2.30. The molecule has 92 valence electrons. The zero-order chi connectivity index (χ0) is 11.8. The molecule has 3 N–H and O–H groups in total. The number of hydrazine groups is 1. The van der Waals surface area contributed by atoms with Gasteiger partial charge in [-0.05, 0) is 26.7 Å². The first-order valence-electron chi connectivity index (χ1n) is 5.88. The summed E-state index contributed by atoms with van der Waals surface area (Å²) in [6, 6.07) is 0.107. The summed E-state index contributed by atoms with van der Waals surface area (Å²) in [5.74, 6) is 6.56. The first-order chi connectivity index (χ1) is 7.83. The second kappa shape index (κ2) is 7.38. The standard InChI is InChI=1S/C11H22N4O/c1-3-15-8-7-13-11(15)10(14-12)6-5-9-16-4-2/h7-8,10,14H,3-6,9,12H2,1-2H3. The van der Waals surface area contributed by atoms with Crippen LogP contribution in [-0.4, -0.2) is 22.8 Å². The van der Waals surface area contributed by atoms with E-state index in [1.807, 2.05) is 19.3 Å². The van der Waals surface area contributed by atoms with Crippen molar-refractivity contribution in [3.05, 3.63) is 18.2 Å². The Morgan fingerprint density at radius 1 is 1.56 bits per heavy atom. The van der Waals surface area contributed by atoms with E-state index >= 15 is 0 Å². The average molecular weight is 226 g/mol. The van der Waals surface area contributed by atoms with E-state index in [1.54, 1.807) is 0 Å². The van der Waals surface area contributed by atoms with Crippen molar-refractivity contribution in [2.24, 2.45) is 5.84 Å². The van der Waals surface area contributed by atoms with Crippen LogP contribution in [-0.2, 0) is 11.3 Å². The van der Waals surface area contributed by atoms with Crippen LogP contribution in [0.4, 0.5) is 0 Å². The predicted molar refractivity (Wildman–Crippen MR) is 63.7 cm³/mol. The summed E-state index contributed by atoms with van der Waals surface area (Å²) in [4.78, 5) is 4.34. The van der Waals surface area contributed by atoms with E-state index in [-0.39, 0.29) is 6.04 Å². The summed E-state index contributed by atoms with van der Waals surface area (Å²) in [5.41, 5.74) is 2.82. The first-order valence-corrected chi connectivity index (χ1v) is 5.88. The molecular formula is C11H22N4O. The molecular weight excluding hydrogens is 204 g/mol. The van der Waals surface area contributed by atoms with Gasteiger partial charge >= 0.3 is 0 Å². The highest BCUT2D eigenvalue weighted by atomic mass is 16.5. The molecule has 0 amide bonds. The van der Waals surface area contributed by atoms with E-state index in [1.165, 1.54) is 0 Å². The van der Waals surface area contributed by atoms with E-state index < -0.39 is 0 Å². The number of nitrogens with two attached hydrogens (primary N) is 1. The topological polar surface area (TPSA) is 65.1 Å². The summed E-state index contributed by atoms with van der Waals surface area (Å²) < 4.78 is 7.41. The van der Waals surface area contributed by atoms with E-state index in [0.29, 0.717) is 0 Å². The normalized spacial score (nSPS) is 12.9. The van der Waals surface area contributed by atoms with Crippen LogP contribution in [0.15, 0.2) is 12.4 Å². The van der Waals surface area contributed by atoms with Gasteiger partial charge in [0.1, 0.15) is 5.82 Å². The van der Waals surface area contributed by atoms with E-state index in [0.717, 1.165) is 38.4 Å². The van der Waals surface area contributed by atoms with Crippen molar-refractivity contribution >= 4 is 0 Å². The molecule has 0 aliphatic carbocycles. The summed E-state index contributed by atoms with van der Waals surface area (Å²) >= 11 is 0. The molecule has 0 aliphatic heterocycles. The summed E-state index contributed by atoms with van der Waals surface area (Å²) in [6.07, 6.45) is 5.71. The Kier molecular flexibility index (Phi) is 6.07. The maximum atomic E-state index is 5.56. The highest BCUT2D eigenvalue weighted by Crippen LogP contribution is 2.15. The van der Waals surface area contributed by atoms with Crippen LogP contribution in [0.1, 0.15) is 38.6 Å². The van der Waals surface area contributed by atoms with Gasteiger partial charge in [0, 0.05) is 32.2 Å². The molecule has 16 heavy (non-hydrogen) atoms. The van der Waals surface area contributed by atoms with Crippen LogP contribution >= 0.6 is 0 Å². The molecule has 0 aliphatic rings. The van der Waals surface area contributed by atoms with Gasteiger partial charge in [0.25, 0.3) is 0 Å². The number of nitrogens with one attached hydrogen (secondary N) is 1. The van der Waals surface area contributed by atoms with Gasteiger partial charge < -0.3 is 9.30 Å². The molecule has 0 spiro atoms. The molecule has 1 rings (SSSR count). The lowest BCUT2D eigenvalue weighted by atomic mass is 10.1. The molecule has 1 unspecified atom stereocenters. The van der Waals surface area contributed by atoms with E-state index in [4.69, 9.17) is 10.6 Å². The summed E-state index contributed by atoms with van der Waals surface area (Å²) in [7, 11) is 0. The van der Waals surface area contributed by atoms with Crippen LogP contribution < -0.4 is 11.3 Å². The summed E-state index contributed by atoms with van der Waals surface area (Å²) in [5, 5.41) is 0. The number of ether oxygens (including phenoxy) is 1. The Morgan fingerprint density at radius 2 is 2.38 bits per heavy atom. The Hall–Kier alpha value is -0.910. The Bertz CT molecular complexity index is 287. The number of aromatic nitrogens is 2. The van der Waals surface area contributed by atoms with Crippen LogP contribution in [0, 0.1) is 0 Å². The second-order valence-corrected chi connectivity index (χ2v) is 3.63. The number of rotatable bonds is 8. The van der Waals surface area contributed by atoms with E-state index in [2.05, 4.69) is 21.9 Å². The minimum absolute atomic E-state index is 0.107. The molecule has 0 aromatic carbocycles. The highest BCUT2D eigenvalue weighted by Gasteiger charge is 2.14. The van der Waals surface area contributed by atoms with Gasteiger partial charge in [0.15, 0.2) is 0 Å². The molecule has 0 saturated heterocycles. The smallest absolute Gasteiger partial charge is 0.127 e. The SMILES string of the molecule is CCOCCCC(NN)c1nccn1CC. The molecule has 0 radical (unpaired) electrons. The van der Waals surface area contributed by atoms with Gasteiger partial charge in [-0.1, -0.05) is 0 Å². The minimum Gasteiger partial charge on any atom is -0.382 e. The quantitative estimate of drug-likeness (QED) is 0.397. The van der Waals surface area contributed by atoms with Crippen LogP contribution in [0.25, 0.3) is 0 Å². The third kappa shape index (κ3) is 3.59. The fourth-order valence-electron chi connectivity index (χ4n) is 1.72. The maximum absolute atomic E-state index is 5.56. The largest absolute Gasteiger partial charge is 0.382 e. The number of nitrogens with zero attached hydrogens (tertiary/aromatic N) is 2. The molecule has 1 aromatic rings. The van der Waals surface area contributed by atoms with Gasteiger partial charge in [-0.2, -0.15) is 0 Å². The monoisotopic (exact) mass is 226 g/mol. The van der Waals surface area contributed by atoms with Crippen molar-refractivity contribution in [3.8, 4) is 0 Å². The van der Waals surface area contributed by atoms with Gasteiger partial charge in [-0.25, -0.2) is 10.4 Å². The number of hydrogen-bond acceptors (Lipinski definition) is 4. The molecule has 1 aromatic heterocycles. The minimum atomic E-state index is 0.107. The van der Waals surface area contributed by atoms with Crippen molar-refractivity contribution in [3.63, 3.8) is 0 Å². The molecule has 0 saturated carbocycles.